The Kier molecular flexibility index (Phi) is 6.95. The summed E-state index contributed by atoms with van der Waals surface area (Å²) >= 11 is 0. The molecule has 2 saturated heterocycles. The lowest BCUT2D eigenvalue weighted by atomic mass is 9.90. The van der Waals surface area contributed by atoms with Crippen molar-refractivity contribution in [1.29, 1.82) is 0 Å². The van der Waals surface area contributed by atoms with Crippen LogP contribution in [0.1, 0.15) is 12.8 Å². The van der Waals surface area contributed by atoms with Crippen molar-refractivity contribution in [1.82, 2.24) is 4.90 Å². The van der Waals surface area contributed by atoms with Gasteiger partial charge in [0.1, 0.15) is 29.6 Å². The Morgan fingerprint density at radius 1 is 0.938 bits per heavy atom. The van der Waals surface area contributed by atoms with Crippen molar-refractivity contribution in [3.05, 3.63) is 60.2 Å². The fraction of sp³-hybridized carbons (Fsp3) is 0.500. The molecule has 2 heterocycles. The number of nitrogens with zero attached hydrogens (tertiary/aromatic N) is 2. The van der Waals surface area contributed by atoms with Gasteiger partial charge in [0.25, 0.3) is 0 Å². The van der Waals surface area contributed by atoms with E-state index < -0.39 is 11.2 Å². The molecule has 174 valence electrons. The average molecular weight is 449 g/mol. The Labute approximate surface area is 187 Å². The smallest absolute Gasteiger partial charge is 0.146 e. The van der Waals surface area contributed by atoms with Crippen LogP contribution in [-0.2, 0) is 4.74 Å². The highest BCUT2D eigenvalue weighted by atomic mass is 19.1. The van der Waals surface area contributed by atoms with Crippen molar-refractivity contribution in [3.8, 4) is 5.75 Å². The van der Waals surface area contributed by atoms with E-state index in [9.17, 15) is 19.0 Å². The second-order valence-electron chi connectivity index (χ2n) is 8.89. The molecule has 0 aliphatic carbocycles. The zero-order valence-electron chi connectivity index (χ0n) is 18.1. The Morgan fingerprint density at radius 3 is 2.38 bits per heavy atom. The van der Waals surface area contributed by atoms with Gasteiger partial charge >= 0.3 is 0 Å². The van der Waals surface area contributed by atoms with E-state index in [4.69, 9.17) is 9.47 Å². The number of hydrogen-bond acceptors (Lipinski definition) is 6. The van der Waals surface area contributed by atoms with E-state index in [0.717, 1.165) is 0 Å². The van der Waals surface area contributed by atoms with Gasteiger partial charge in [-0.3, -0.25) is 4.90 Å². The van der Waals surface area contributed by atoms with Crippen molar-refractivity contribution in [2.75, 3.05) is 57.4 Å². The molecule has 2 aliphatic rings. The minimum absolute atomic E-state index is 0.00533. The Hall–Kier alpha value is -2.26. The lowest BCUT2D eigenvalue weighted by molar-refractivity contribution is -0.0742. The maximum Gasteiger partial charge on any atom is 0.146 e. The SMILES string of the molecule is OC1(CN2CCOC[C@](O)(COc3ccc(F)cc3)C2)CCN(c2ccccc2F)CC1. The zero-order valence-corrected chi connectivity index (χ0v) is 18.1. The van der Waals surface area contributed by atoms with E-state index in [2.05, 4.69) is 0 Å². The number of piperidine rings is 1. The number of anilines is 1. The molecular formula is C24H30F2N2O4. The minimum Gasteiger partial charge on any atom is -0.490 e. The molecule has 0 saturated carbocycles. The minimum atomic E-state index is -1.25. The number of benzene rings is 2. The number of para-hydroxylation sites is 1. The van der Waals surface area contributed by atoms with Gasteiger partial charge in [-0.1, -0.05) is 12.1 Å². The van der Waals surface area contributed by atoms with Gasteiger partial charge in [-0.25, -0.2) is 8.78 Å². The number of rotatable bonds is 6. The third-order valence-electron chi connectivity index (χ3n) is 6.17. The molecule has 32 heavy (non-hydrogen) atoms. The first-order valence-electron chi connectivity index (χ1n) is 11.0. The first kappa shape index (κ1) is 22.9. The first-order chi connectivity index (χ1) is 15.3. The number of halogens is 2. The van der Waals surface area contributed by atoms with Gasteiger partial charge in [-0.05, 0) is 49.2 Å². The van der Waals surface area contributed by atoms with Crippen LogP contribution < -0.4 is 9.64 Å². The van der Waals surface area contributed by atoms with Crippen LogP contribution in [0.15, 0.2) is 48.5 Å². The van der Waals surface area contributed by atoms with Gasteiger partial charge in [-0.2, -0.15) is 0 Å². The van der Waals surface area contributed by atoms with Crippen molar-refractivity contribution in [2.24, 2.45) is 0 Å². The van der Waals surface area contributed by atoms with Crippen LogP contribution in [0, 0.1) is 11.6 Å². The molecular weight excluding hydrogens is 418 g/mol. The molecule has 0 unspecified atom stereocenters. The molecule has 4 rings (SSSR count). The lowest BCUT2D eigenvalue weighted by Gasteiger charge is -2.42. The van der Waals surface area contributed by atoms with Crippen LogP contribution in [0.2, 0.25) is 0 Å². The molecule has 1 atom stereocenters. The van der Waals surface area contributed by atoms with Crippen molar-refractivity contribution in [2.45, 2.75) is 24.0 Å². The average Bonchev–Trinajstić information content (AvgIpc) is 2.95. The summed E-state index contributed by atoms with van der Waals surface area (Å²) in [5.41, 5.74) is -1.62. The van der Waals surface area contributed by atoms with Crippen LogP contribution in [0.3, 0.4) is 0 Å². The number of hydrogen-bond donors (Lipinski definition) is 2. The standard InChI is InChI=1S/C24H30F2N2O4/c25-19-5-7-20(8-6-19)32-18-24(30)16-27(13-14-31-17-24)15-23(29)9-11-28(12-10-23)22-4-2-1-3-21(22)26/h1-8,29-30H,9-18H2/t24-/m0/s1. The topological polar surface area (TPSA) is 65.4 Å². The Bertz CT molecular complexity index is 890. The molecule has 0 aromatic heterocycles. The number of β-amino-alcohol motifs (C(OH)–C–C–N with tert-alkyl or cyclic N) is 2. The quantitative estimate of drug-likeness (QED) is 0.708. The van der Waals surface area contributed by atoms with E-state index in [1.807, 2.05) is 15.9 Å². The van der Waals surface area contributed by atoms with Gasteiger partial charge in [-0.15, -0.1) is 0 Å². The zero-order chi connectivity index (χ0) is 22.6. The van der Waals surface area contributed by atoms with E-state index in [1.165, 1.54) is 30.3 Å². The molecule has 6 nitrogen and oxygen atoms in total. The largest absolute Gasteiger partial charge is 0.490 e. The summed E-state index contributed by atoms with van der Waals surface area (Å²) in [5, 5.41) is 22.3. The molecule has 2 aromatic carbocycles. The summed E-state index contributed by atoms with van der Waals surface area (Å²) in [6.45, 7) is 2.92. The summed E-state index contributed by atoms with van der Waals surface area (Å²) in [6.07, 6.45) is 1.01. The van der Waals surface area contributed by atoms with E-state index >= 15 is 0 Å². The molecule has 0 spiro atoms. The molecule has 0 bridgehead atoms. The van der Waals surface area contributed by atoms with Gasteiger partial charge in [0.15, 0.2) is 0 Å². The summed E-state index contributed by atoms with van der Waals surface area (Å²) < 4.78 is 38.4. The third kappa shape index (κ3) is 5.75. The summed E-state index contributed by atoms with van der Waals surface area (Å²) in [7, 11) is 0. The van der Waals surface area contributed by atoms with Crippen LogP contribution in [0.5, 0.6) is 5.75 Å². The lowest BCUT2D eigenvalue weighted by Crippen LogP contribution is -2.55. The summed E-state index contributed by atoms with van der Waals surface area (Å²) in [5.74, 6) is -0.141. The summed E-state index contributed by atoms with van der Waals surface area (Å²) in [6, 6.07) is 12.3. The van der Waals surface area contributed by atoms with Gasteiger partial charge in [0, 0.05) is 32.7 Å². The number of ether oxygens (including phenoxy) is 2. The molecule has 2 aromatic rings. The predicted octanol–water partition coefficient (Wildman–Crippen LogP) is 2.44. The molecule has 0 radical (unpaired) electrons. The monoisotopic (exact) mass is 448 g/mol. The second-order valence-corrected chi connectivity index (χ2v) is 8.89. The highest BCUT2D eigenvalue weighted by Crippen LogP contribution is 2.29. The molecule has 2 fully saturated rings. The third-order valence-corrected chi connectivity index (χ3v) is 6.17. The molecule has 0 amide bonds. The second kappa shape index (κ2) is 9.70. The highest BCUT2D eigenvalue weighted by molar-refractivity contribution is 5.48. The van der Waals surface area contributed by atoms with Crippen LogP contribution >= 0.6 is 0 Å². The fourth-order valence-electron chi connectivity index (χ4n) is 4.41. The maximum absolute atomic E-state index is 14.1. The van der Waals surface area contributed by atoms with Gasteiger partial charge in [0.05, 0.1) is 24.5 Å². The van der Waals surface area contributed by atoms with Crippen LogP contribution in [-0.4, -0.2) is 78.9 Å². The van der Waals surface area contributed by atoms with Crippen molar-refractivity contribution >= 4 is 5.69 Å². The first-order valence-corrected chi connectivity index (χ1v) is 11.0. The van der Waals surface area contributed by atoms with Crippen LogP contribution in [0.4, 0.5) is 14.5 Å². The van der Waals surface area contributed by atoms with E-state index in [1.54, 1.807) is 12.1 Å². The van der Waals surface area contributed by atoms with Crippen molar-refractivity contribution in [3.63, 3.8) is 0 Å². The van der Waals surface area contributed by atoms with Crippen LogP contribution in [0.25, 0.3) is 0 Å². The van der Waals surface area contributed by atoms with E-state index in [-0.39, 0.29) is 31.4 Å². The van der Waals surface area contributed by atoms with Gasteiger partial charge < -0.3 is 24.6 Å². The van der Waals surface area contributed by atoms with Gasteiger partial charge in [0.2, 0.25) is 0 Å². The molecule has 2 N–H and O–H groups in total. The maximum atomic E-state index is 14.1. The summed E-state index contributed by atoms with van der Waals surface area (Å²) in [4.78, 5) is 3.96. The molecule has 8 heteroatoms. The van der Waals surface area contributed by atoms with E-state index in [0.29, 0.717) is 57.1 Å². The Balaban J connectivity index is 1.33. The Morgan fingerprint density at radius 2 is 1.66 bits per heavy atom. The predicted molar refractivity (Wildman–Crippen MR) is 117 cm³/mol. The molecule has 2 aliphatic heterocycles. The fourth-order valence-corrected chi connectivity index (χ4v) is 4.41. The number of aliphatic hydroxyl groups is 2. The van der Waals surface area contributed by atoms with Crippen molar-refractivity contribution < 1.29 is 28.5 Å². The highest BCUT2D eigenvalue weighted by Gasteiger charge is 2.39. The normalized spacial score (nSPS) is 24.2.